The van der Waals surface area contributed by atoms with Crippen LogP contribution in [0.5, 0.6) is 11.5 Å². The third-order valence-corrected chi connectivity index (χ3v) is 2.56. The van der Waals surface area contributed by atoms with E-state index in [1.54, 1.807) is 25.3 Å². The molecule has 0 saturated carbocycles. The lowest BCUT2D eigenvalue weighted by Crippen LogP contribution is -1.89. The van der Waals surface area contributed by atoms with E-state index in [0.29, 0.717) is 5.75 Å². The predicted octanol–water partition coefficient (Wildman–Crippen LogP) is 1.75. The first-order chi connectivity index (χ1) is 7.69. The average molecular weight is 238 g/mol. The second-order valence-corrected chi connectivity index (χ2v) is 3.82. The van der Waals surface area contributed by atoms with Gasteiger partial charge in [-0.15, -0.1) is 0 Å². The van der Waals surface area contributed by atoms with Gasteiger partial charge < -0.3 is 8.92 Å². The second kappa shape index (κ2) is 4.40. The van der Waals surface area contributed by atoms with E-state index in [1.165, 1.54) is 0 Å². The summed E-state index contributed by atoms with van der Waals surface area (Å²) in [5, 5.41) is 1.86. The van der Waals surface area contributed by atoms with Crippen LogP contribution in [0.1, 0.15) is 0 Å². The van der Waals surface area contributed by atoms with Gasteiger partial charge in [0.1, 0.15) is 11.5 Å². The molecule has 0 aliphatic carbocycles. The summed E-state index contributed by atoms with van der Waals surface area (Å²) in [6.45, 7) is 0. The molecule has 0 heterocycles. The molecule has 0 aliphatic rings. The number of ether oxygens (including phenoxy) is 1. The van der Waals surface area contributed by atoms with Gasteiger partial charge in [-0.2, -0.15) is 8.42 Å². The van der Waals surface area contributed by atoms with Crippen molar-refractivity contribution >= 4 is 21.8 Å². The molecule has 4 nitrogen and oxygen atoms in total. The molecule has 2 rings (SSSR count). The first-order valence-electron chi connectivity index (χ1n) is 4.59. The molecule has 0 aliphatic heterocycles. The lowest BCUT2D eigenvalue weighted by molar-refractivity contribution is 0.415. The molecule has 0 N–H and O–H groups in total. The average Bonchev–Trinajstić information content (AvgIpc) is 2.27. The Morgan fingerprint density at radius 1 is 0.938 bits per heavy atom. The van der Waals surface area contributed by atoms with Gasteiger partial charge in [0.05, 0.1) is 7.11 Å². The maximum absolute atomic E-state index is 10.4. The van der Waals surface area contributed by atoms with Crippen molar-refractivity contribution in [2.45, 2.75) is 0 Å². The number of hydrogen-bond acceptors (Lipinski definition) is 4. The van der Waals surface area contributed by atoms with E-state index in [9.17, 15) is 8.42 Å². The summed E-state index contributed by atoms with van der Waals surface area (Å²) in [4.78, 5) is 0. The van der Waals surface area contributed by atoms with E-state index in [0.717, 1.165) is 16.5 Å². The van der Waals surface area contributed by atoms with Crippen LogP contribution >= 0.6 is 0 Å². The molecule has 2 aromatic rings. The SMILES string of the molecule is COc1ccc2ccc(O[SH](=O)=O)cc2c1. The van der Waals surface area contributed by atoms with Crippen LogP contribution < -0.4 is 8.92 Å². The third-order valence-electron chi connectivity index (χ3n) is 2.20. The Morgan fingerprint density at radius 3 is 2.19 bits per heavy atom. The molecule has 0 radical (unpaired) electrons. The van der Waals surface area contributed by atoms with E-state index >= 15 is 0 Å². The van der Waals surface area contributed by atoms with Gasteiger partial charge in [-0.3, -0.25) is 0 Å². The van der Waals surface area contributed by atoms with Crippen molar-refractivity contribution < 1.29 is 17.3 Å². The molecule has 0 aromatic heterocycles. The maximum atomic E-state index is 10.4. The fourth-order valence-electron chi connectivity index (χ4n) is 1.47. The molecule has 5 heteroatoms. The summed E-state index contributed by atoms with van der Waals surface area (Å²) in [5.41, 5.74) is 0. The van der Waals surface area contributed by atoms with Crippen molar-refractivity contribution in [3.63, 3.8) is 0 Å². The third kappa shape index (κ3) is 2.25. The van der Waals surface area contributed by atoms with Gasteiger partial charge in [-0.25, -0.2) is 0 Å². The molecule has 0 amide bonds. The summed E-state index contributed by atoms with van der Waals surface area (Å²) in [7, 11) is -1.30. The standard InChI is InChI=1S/C11H10O4S/c1-14-10-4-2-8-3-5-11(15-16(12)13)7-9(8)6-10/h2-7,16H,1H3. The fraction of sp³-hybridized carbons (Fsp3) is 0.0909. The Kier molecular flexibility index (Phi) is 2.96. The molecule has 84 valence electrons. The zero-order valence-electron chi connectivity index (χ0n) is 8.54. The van der Waals surface area contributed by atoms with E-state index in [2.05, 4.69) is 4.18 Å². The maximum Gasteiger partial charge on any atom is 0.299 e. The Labute approximate surface area is 94.6 Å². The molecule has 0 unspecified atom stereocenters. The fourth-order valence-corrected chi connectivity index (χ4v) is 1.76. The van der Waals surface area contributed by atoms with Crippen LogP contribution in [0.4, 0.5) is 0 Å². The van der Waals surface area contributed by atoms with Gasteiger partial charge in [0.2, 0.25) is 0 Å². The number of fused-ring (bicyclic) bond motifs is 1. The van der Waals surface area contributed by atoms with Gasteiger partial charge in [-0.05, 0) is 35.0 Å². The highest BCUT2D eigenvalue weighted by Gasteiger charge is 2.00. The van der Waals surface area contributed by atoms with Gasteiger partial charge in [0.15, 0.2) is 0 Å². The van der Waals surface area contributed by atoms with Gasteiger partial charge in [-0.1, -0.05) is 12.1 Å². The van der Waals surface area contributed by atoms with Crippen LogP contribution in [0, 0.1) is 0 Å². The van der Waals surface area contributed by atoms with E-state index in [-0.39, 0.29) is 0 Å². The molecule has 2 aromatic carbocycles. The zero-order valence-corrected chi connectivity index (χ0v) is 9.44. The lowest BCUT2D eigenvalue weighted by Gasteiger charge is -2.04. The van der Waals surface area contributed by atoms with Crippen LogP contribution in [0.25, 0.3) is 10.8 Å². The number of thiol groups is 1. The topological polar surface area (TPSA) is 52.6 Å². The normalized spacial score (nSPS) is 10.6. The molecule has 0 saturated heterocycles. The van der Waals surface area contributed by atoms with E-state index in [4.69, 9.17) is 4.74 Å². The summed E-state index contributed by atoms with van der Waals surface area (Å²) >= 11 is 0. The van der Waals surface area contributed by atoms with Crippen molar-refractivity contribution in [3.8, 4) is 11.5 Å². The largest absolute Gasteiger partial charge is 0.497 e. The van der Waals surface area contributed by atoms with Crippen molar-refractivity contribution in [3.05, 3.63) is 36.4 Å². The molecule has 0 fully saturated rings. The van der Waals surface area contributed by atoms with Crippen molar-refractivity contribution in [2.75, 3.05) is 7.11 Å². The van der Waals surface area contributed by atoms with Gasteiger partial charge >= 0.3 is 0 Å². The minimum Gasteiger partial charge on any atom is -0.497 e. The Hall–Kier alpha value is -1.75. The molecule has 0 atom stereocenters. The Bertz CT molecular complexity index is 582. The van der Waals surface area contributed by atoms with Crippen LogP contribution in [0.2, 0.25) is 0 Å². The van der Waals surface area contributed by atoms with Crippen molar-refractivity contribution in [1.82, 2.24) is 0 Å². The van der Waals surface area contributed by atoms with Crippen molar-refractivity contribution in [1.29, 1.82) is 0 Å². The van der Waals surface area contributed by atoms with Crippen LogP contribution in [0.3, 0.4) is 0 Å². The minimum absolute atomic E-state index is 0.303. The van der Waals surface area contributed by atoms with Crippen LogP contribution in [-0.2, 0) is 11.0 Å². The molecular weight excluding hydrogens is 228 g/mol. The molecular formula is C11H10O4S. The quantitative estimate of drug-likeness (QED) is 0.828. The smallest absolute Gasteiger partial charge is 0.299 e. The van der Waals surface area contributed by atoms with Gasteiger partial charge in [0.25, 0.3) is 11.0 Å². The summed E-state index contributed by atoms with van der Waals surface area (Å²) in [6, 6.07) is 10.6. The minimum atomic E-state index is -2.87. The number of rotatable bonds is 3. The number of hydrogen-bond donors (Lipinski definition) is 1. The zero-order chi connectivity index (χ0) is 11.5. The predicted molar refractivity (Wildman–Crippen MR) is 61.4 cm³/mol. The molecule has 0 spiro atoms. The summed E-state index contributed by atoms with van der Waals surface area (Å²) < 4.78 is 30.5. The van der Waals surface area contributed by atoms with Crippen molar-refractivity contribution in [2.24, 2.45) is 0 Å². The molecule has 0 bridgehead atoms. The van der Waals surface area contributed by atoms with Gasteiger partial charge in [0, 0.05) is 0 Å². The lowest BCUT2D eigenvalue weighted by atomic mass is 10.1. The first kappa shape index (κ1) is 10.8. The highest BCUT2D eigenvalue weighted by atomic mass is 32.2. The first-order valence-corrected chi connectivity index (χ1v) is 5.69. The highest BCUT2D eigenvalue weighted by molar-refractivity contribution is 7.67. The monoisotopic (exact) mass is 238 g/mol. The summed E-state index contributed by atoms with van der Waals surface area (Å²) in [5.74, 6) is 1.02. The Balaban J connectivity index is 2.50. The summed E-state index contributed by atoms with van der Waals surface area (Å²) in [6.07, 6.45) is 0. The number of benzene rings is 2. The molecule has 16 heavy (non-hydrogen) atoms. The second-order valence-electron chi connectivity index (χ2n) is 3.19. The van der Waals surface area contributed by atoms with Crippen LogP contribution in [0.15, 0.2) is 36.4 Å². The van der Waals surface area contributed by atoms with E-state index < -0.39 is 11.0 Å². The Morgan fingerprint density at radius 2 is 1.56 bits per heavy atom. The number of methoxy groups -OCH3 is 1. The van der Waals surface area contributed by atoms with E-state index in [1.807, 2.05) is 18.2 Å². The van der Waals surface area contributed by atoms with Crippen LogP contribution in [-0.4, -0.2) is 15.5 Å². The highest BCUT2D eigenvalue weighted by Crippen LogP contribution is 2.24.